The number of aromatic nitrogens is 1. The van der Waals surface area contributed by atoms with Crippen LogP contribution in [-0.4, -0.2) is 32.5 Å². The van der Waals surface area contributed by atoms with Crippen LogP contribution in [0.4, 0.5) is 10.8 Å². The number of hydrogen-bond donors (Lipinski definition) is 2. The second kappa shape index (κ2) is 9.59. The molecule has 2 N–H and O–H groups in total. The molecular formula is C20H21N3O5S2. The number of hydrogen-bond acceptors (Lipinski definition) is 7. The topological polar surface area (TPSA) is 107 Å². The van der Waals surface area contributed by atoms with Crippen molar-refractivity contribution in [2.45, 2.75) is 24.3 Å². The average molecular weight is 448 g/mol. The first-order valence-corrected chi connectivity index (χ1v) is 11.4. The van der Waals surface area contributed by atoms with E-state index in [-0.39, 0.29) is 15.9 Å². The second-order valence-electron chi connectivity index (χ2n) is 6.15. The molecule has 1 unspecified atom stereocenters. The summed E-state index contributed by atoms with van der Waals surface area (Å²) in [4.78, 5) is 16.5. The van der Waals surface area contributed by atoms with Crippen LogP contribution in [0.15, 0.2) is 65.0 Å². The fourth-order valence-corrected chi connectivity index (χ4v) is 4.32. The minimum atomic E-state index is -3.75. The van der Waals surface area contributed by atoms with E-state index in [1.165, 1.54) is 41.8 Å². The van der Waals surface area contributed by atoms with Crippen LogP contribution < -0.4 is 19.5 Å². The fourth-order valence-electron chi connectivity index (χ4n) is 2.53. The average Bonchev–Trinajstić information content (AvgIpc) is 3.25. The molecule has 30 heavy (non-hydrogen) atoms. The predicted molar refractivity (Wildman–Crippen MR) is 116 cm³/mol. The van der Waals surface area contributed by atoms with Gasteiger partial charge in [-0.2, -0.15) is 0 Å². The van der Waals surface area contributed by atoms with Gasteiger partial charge in [0, 0.05) is 17.3 Å². The van der Waals surface area contributed by atoms with Crippen LogP contribution in [0.25, 0.3) is 0 Å². The van der Waals surface area contributed by atoms with Crippen LogP contribution in [0.5, 0.6) is 11.5 Å². The van der Waals surface area contributed by atoms with Crippen molar-refractivity contribution in [1.29, 1.82) is 0 Å². The second-order valence-corrected chi connectivity index (χ2v) is 8.72. The lowest BCUT2D eigenvalue weighted by atomic mass is 10.2. The molecule has 0 saturated carbocycles. The van der Waals surface area contributed by atoms with Gasteiger partial charge in [-0.25, -0.2) is 13.4 Å². The molecule has 0 aliphatic carbocycles. The number of nitrogens with zero attached hydrogens (tertiary/aromatic N) is 1. The van der Waals surface area contributed by atoms with Crippen molar-refractivity contribution in [1.82, 2.24) is 4.98 Å². The van der Waals surface area contributed by atoms with E-state index in [1.54, 1.807) is 36.8 Å². The quantitative estimate of drug-likeness (QED) is 0.517. The summed E-state index contributed by atoms with van der Waals surface area (Å²) in [7, 11) is -2.17. The first-order valence-electron chi connectivity index (χ1n) is 9.05. The van der Waals surface area contributed by atoms with Crippen LogP contribution >= 0.6 is 11.3 Å². The zero-order chi connectivity index (χ0) is 21.6. The molecule has 0 radical (unpaired) electrons. The number of sulfonamides is 1. The van der Waals surface area contributed by atoms with Gasteiger partial charge in [-0.05, 0) is 55.0 Å². The number of amides is 1. The summed E-state index contributed by atoms with van der Waals surface area (Å²) in [5.41, 5.74) is 0.463. The summed E-state index contributed by atoms with van der Waals surface area (Å²) in [6.07, 6.45) is 1.27. The number of rotatable bonds is 9. The van der Waals surface area contributed by atoms with Gasteiger partial charge in [-0.15, -0.1) is 11.3 Å². The van der Waals surface area contributed by atoms with E-state index in [0.717, 1.165) is 0 Å². The number of ether oxygens (including phenoxy) is 2. The maximum absolute atomic E-state index is 12.6. The summed E-state index contributed by atoms with van der Waals surface area (Å²) in [5.74, 6) is 0.913. The smallest absolute Gasteiger partial charge is 0.265 e. The van der Waals surface area contributed by atoms with E-state index in [2.05, 4.69) is 15.0 Å². The number of methoxy groups -OCH3 is 1. The Kier molecular flexibility index (Phi) is 6.91. The van der Waals surface area contributed by atoms with Crippen LogP contribution in [0.2, 0.25) is 0 Å². The van der Waals surface area contributed by atoms with Crippen LogP contribution in [0, 0.1) is 0 Å². The highest BCUT2D eigenvalue weighted by Crippen LogP contribution is 2.21. The van der Waals surface area contributed by atoms with Crippen molar-refractivity contribution in [2.24, 2.45) is 0 Å². The Morgan fingerprint density at radius 2 is 1.77 bits per heavy atom. The molecule has 0 spiro atoms. The molecular weight excluding hydrogens is 426 g/mol. The van der Waals surface area contributed by atoms with E-state index in [9.17, 15) is 13.2 Å². The Hall–Kier alpha value is -3.11. The summed E-state index contributed by atoms with van der Waals surface area (Å²) in [6.45, 7) is 1.84. The van der Waals surface area contributed by atoms with E-state index < -0.39 is 16.1 Å². The van der Waals surface area contributed by atoms with Gasteiger partial charge in [-0.1, -0.05) is 6.92 Å². The van der Waals surface area contributed by atoms with E-state index in [1.807, 2.05) is 6.92 Å². The molecule has 10 heteroatoms. The van der Waals surface area contributed by atoms with Crippen molar-refractivity contribution < 1.29 is 22.7 Å². The summed E-state index contributed by atoms with van der Waals surface area (Å²) in [5, 5.41) is 4.71. The SMILES string of the molecule is CCC(Oc1ccc(OC)cc1)C(=O)Nc1ccc(S(=O)(=O)Nc2nccs2)cc1. The molecule has 0 aliphatic rings. The van der Waals surface area contributed by atoms with Crippen LogP contribution in [0.1, 0.15) is 13.3 Å². The molecule has 158 valence electrons. The Labute approximate surface area is 178 Å². The monoisotopic (exact) mass is 447 g/mol. The van der Waals surface area contributed by atoms with Crippen molar-refractivity contribution in [3.8, 4) is 11.5 Å². The number of carbonyl (C=O) groups is 1. The molecule has 0 bridgehead atoms. The van der Waals surface area contributed by atoms with Gasteiger partial charge in [-0.3, -0.25) is 9.52 Å². The van der Waals surface area contributed by atoms with Crippen molar-refractivity contribution in [3.63, 3.8) is 0 Å². The predicted octanol–water partition coefficient (Wildman–Crippen LogP) is 3.75. The Morgan fingerprint density at radius 1 is 1.10 bits per heavy atom. The fraction of sp³-hybridized carbons (Fsp3) is 0.200. The molecule has 2 aromatic carbocycles. The lowest BCUT2D eigenvalue weighted by molar-refractivity contribution is -0.122. The molecule has 3 aromatic rings. The van der Waals surface area contributed by atoms with Gasteiger partial charge in [0.25, 0.3) is 15.9 Å². The molecule has 0 fully saturated rings. The normalized spacial score (nSPS) is 12.1. The third-order valence-electron chi connectivity index (χ3n) is 4.09. The summed E-state index contributed by atoms with van der Waals surface area (Å²) < 4.78 is 38.0. The first kappa shape index (κ1) is 21.6. The summed E-state index contributed by atoms with van der Waals surface area (Å²) >= 11 is 1.19. The van der Waals surface area contributed by atoms with E-state index in [0.29, 0.717) is 23.6 Å². The molecule has 1 heterocycles. The van der Waals surface area contributed by atoms with Gasteiger partial charge in [0.05, 0.1) is 12.0 Å². The van der Waals surface area contributed by atoms with Crippen molar-refractivity contribution in [2.75, 3.05) is 17.1 Å². The molecule has 1 amide bonds. The van der Waals surface area contributed by atoms with Gasteiger partial charge in [0.1, 0.15) is 11.5 Å². The molecule has 0 saturated heterocycles. The van der Waals surface area contributed by atoms with Crippen LogP contribution in [-0.2, 0) is 14.8 Å². The molecule has 0 aliphatic heterocycles. The number of benzene rings is 2. The standard InChI is InChI=1S/C20H21N3O5S2/c1-3-18(28-16-8-6-15(27-2)7-9-16)19(24)22-14-4-10-17(11-5-14)30(25,26)23-20-21-12-13-29-20/h4-13,18H,3H2,1-2H3,(H,21,23)(H,22,24). The third-order valence-corrected chi connectivity index (χ3v) is 6.26. The minimum Gasteiger partial charge on any atom is -0.497 e. The Balaban J connectivity index is 1.63. The van der Waals surface area contributed by atoms with Crippen molar-refractivity contribution >= 4 is 38.1 Å². The number of anilines is 2. The maximum atomic E-state index is 12.6. The number of carbonyl (C=O) groups excluding carboxylic acids is 1. The van der Waals surface area contributed by atoms with Gasteiger partial charge < -0.3 is 14.8 Å². The number of thiazole rings is 1. The maximum Gasteiger partial charge on any atom is 0.265 e. The summed E-state index contributed by atoms with van der Waals surface area (Å²) in [6, 6.07) is 12.8. The van der Waals surface area contributed by atoms with Gasteiger partial charge >= 0.3 is 0 Å². The first-order chi connectivity index (χ1) is 14.4. The zero-order valence-corrected chi connectivity index (χ0v) is 18.0. The highest BCUT2D eigenvalue weighted by Gasteiger charge is 2.20. The molecule has 1 atom stereocenters. The minimum absolute atomic E-state index is 0.0669. The van der Waals surface area contributed by atoms with Gasteiger partial charge in [0.2, 0.25) is 0 Å². The number of nitrogens with one attached hydrogen (secondary N) is 2. The Bertz CT molecular complexity index is 1070. The lowest BCUT2D eigenvalue weighted by Gasteiger charge is -2.17. The highest BCUT2D eigenvalue weighted by atomic mass is 32.2. The molecule has 1 aromatic heterocycles. The van der Waals surface area contributed by atoms with Crippen LogP contribution in [0.3, 0.4) is 0 Å². The lowest BCUT2D eigenvalue weighted by Crippen LogP contribution is -2.32. The van der Waals surface area contributed by atoms with E-state index >= 15 is 0 Å². The largest absolute Gasteiger partial charge is 0.497 e. The zero-order valence-electron chi connectivity index (χ0n) is 16.4. The molecule has 8 nitrogen and oxygen atoms in total. The molecule has 3 rings (SSSR count). The van der Waals surface area contributed by atoms with E-state index in [4.69, 9.17) is 9.47 Å². The Morgan fingerprint density at radius 3 is 2.33 bits per heavy atom. The highest BCUT2D eigenvalue weighted by molar-refractivity contribution is 7.93. The van der Waals surface area contributed by atoms with Gasteiger partial charge in [0.15, 0.2) is 11.2 Å². The van der Waals surface area contributed by atoms with Crippen molar-refractivity contribution in [3.05, 3.63) is 60.1 Å². The third kappa shape index (κ3) is 5.49.